The number of para-hydroxylation sites is 1. The molecule has 26 aromatic rings. The zero-order chi connectivity index (χ0) is 83.8. The number of hydrogen-bond acceptors (Lipinski definition) is 8. The van der Waals surface area contributed by atoms with Crippen molar-refractivity contribution >= 4 is 141 Å². The minimum absolute atomic E-state index is 0.605. The first-order valence-corrected chi connectivity index (χ1v) is 42.8. The molecule has 26 rings (SSSR count). The maximum Gasteiger partial charge on any atom is 0.238 e. The van der Waals surface area contributed by atoms with Gasteiger partial charge in [-0.05, 0) is 142 Å². The van der Waals surface area contributed by atoms with E-state index >= 15 is 0 Å². The lowest BCUT2D eigenvalue weighted by molar-refractivity contribution is 0.954. The van der Waals surface area contributed by atoms with E-state index in [1.54, 1.807) is 0 Å². The largest absolute Gasteiger partial charge is 0.309 e. The summed E-state index contributed by atoms with van der Waals surface area (Å²) in [6, 6.07) is 155. The van der Waals surface area contributed by atoms with Crippen molar-refractivity contribution in [3.05, 3.63) is 443 Å². The van der Waals surface area contributed by atoms with Gasteiger partial charge in [-0.3, -0.25) is 9.13 Å². The summed E-state index contributed by atoms with van der Waals surface area (Å²) in [4.78, 5) is 40.3. The molecule has 0 bridgehead atoms. The van der Waals surface area contributed by atoms with Crippen LogP contribution in [0.1, 0.15) is 0 Å². The first-order chi connectivity index (χ1) is 63.0. The standard InChI is InChI=1S/C41H26N4.C40H25N3.C35H22N4/c1-3-13-29(14-4-1)39-42-40(30-15-5-2-6-16-30)44-41(43-39)31-19-23-32(24-20-31)45-35-25-21-27-11-7-9-17-33(27)37(35)38-34-18-10-8-12-28(34)22-26-36(38)45;1-2-10-26(11-3-1)27-18-20-30(21-19-27)39-33-16-8-9-17-34(33)41-40(42-39)43-35-24-22-28-12-4-6-14-31(28)37(35)38-32-15-7-5-13-29(32)23-25-36(38)43;1-3-13-25(14-4-1)33-36-34(26-15-5-2-6-16-26)38-35(37-33)39-29-21-19-23-11-7-9-17-27(23)31(29)32-28-18-10-8-12-24(28)20-22-30(32)39/h1-26H;1-25H;1-22H. The van der Waals surface area contributed by atoms with Crippen LogP contribution in [-0.4, -0.2) is 53.6 Å². The van der Waals surface area contributed by atoms with E-state index in [1.807, 2.05) is 133 Å². The normalized spacial score (nSPS) is 11.6. The van der Waals surface area contributed by atoms with Crippen molar-refractivity contribution in [3.63, 3.8) is 0 Å². The number of rotatable bonds is 10. The Bertz CT molecular complexity index is 8410. The highest BCUT2D eigenvalue weighted by Gasteiger charge is 2.25. The van der Waals surface area contributed by atoms with Gasteiger partial charge in [0.25, 0.3) is 0 Å². The lowest BCUT2D eigenvalue weighted by Crippen LogP contribution is -2.06. The summed E-state index contributed by atoms with van der Waals surface area (Å²) in [6.07, 6.45) is 0. The smallest absolute Gasteiger partial charge is 0.238 e. The Hall–Kier alpha value is -17.3. The van der Waals surface area contributed by atoms with Crippen LogP contribution in [0.2, 0.25) is 0 Å². The van der Waals surface area contributed by atoms with E-state index in [0.717, 1.165) is 77.7 Å². The molecule has 6 heterocycles. The molecule has 0 aliphatic heterocycles. The van der Waals surface area contributed by atoms with Crippen molar-refractivity contribution in [2.75, 3.05) is 0 Å². The third-order valence-corrected chi connectivity index (χ3v) is 24.7. The molecule has 0 spiro atoms. The zero-order valence-electron chi connectivity index (χ0n) is 68.6. The molecular weight excluding hydrogens is 1550 g/mol. The van der Waals surface area contributed by atoms with Gasteiger partial charge in [-0.25, -0.2) is 29.9 Å². The Kier molecular flexibility index (Phi) is 18.0. The lowest BCUT2D eigenvalue weighted by atomic mass is 10.00. The van der Waals surface area contributed by atoms with Crippen molar-refractivity contribution in [1.82, 2.24) is 53.6 Å². The molecule has 11 heteroatoms. The van der Waals surface area contributed by atoms with E-state index in [4.69, 9.17) is 39.9 Å². The van der Waals surface area contributed by atoms with Crippen molar-refractivity contribution in [3.8, 4) is 96.9 Å². The Labute approximate surface area is 729 Å². The van der Waals surface area contributed by atoms with Gasteiger partial charge in [0.2, 0.25) is 11.9 Å². The molecule has 20 aromatic carbocycles. The first kappa shape index (κ1) is 73.6. The summed E-state index contributed by atoms with van der Waals surface area (Å²) in [5.74, 6) is 4.54. The fourth-order valence-electron chi connectivity index (χ4n) is 18.8. The molecule has 0 saturated heterocycles. The van der Waals surface area contributed by atoms with Crippen LogP contribution < -0.4 is 0 Å². The van der Waals surface area contributed by atoms with Crippen molar-refractivity contribution in [1.29, 1.82) is 0 Å². The van der Waals surface area contributed by atoms with Gasteiger partial charge in [-0.2, -0.15) is 9.97 Å². The SMILES string of the molecule is c1ccc(-c2ccc(-c3nc(-n4c5ccc6ccccc6c5c5c6ccccc6ccc54)nc4ccccc34)cc2)cc1.c1ccc(-c2nc(-c3ccccc3)nc(-c3ccc(-n4c5ccc6ccccc6c5c5c6ccccc6ccc54)cc3)n2)cc1.c1ccc(-c2nc(-c3ccccc3)nc(-n3c4ccc5ccccc5c4c4c5ccccc5ccc43)n2)cc1. The Morgan fingerprint density at radius 2 is 0.370 bits per heavy atom. The summed E-state index contributed by atoms with van der Waals surface area (Å²) in [6.45, 7) is 0. The molecule has 0 fully saturated rings. The van der Waals surface area contributed by atoms with E-state index in [9.17, 15) is 0 Å². The summed E-state index contributed by atoms with van der Waals surface area (Å²) >= 11 is 0. The minimum Gasteiger partial charge on any atom is -0.309 e. The number of hydrogen-bond donors (Lipinski definition) is 0. The third-order valence-electron chi connectivity index (χ3n) is 24.7. The number of benzene rings is 20. The topological polar surface area (TPSA) is 118 Å². The highest BCUT2D eigenvalue weighted by atomic mass is 15.2. The van der Waals surface area contributed by atoms with Crippen LogP contribution in [0.15, 0.2) is 443 Å². The fourth-order valence-corrected chi connectivity index (χ4v) is 18.8. The molecule has 0 radical (unpaired) electrons. The van der Waals surface area contributed by atoms with Gasteiger partial charge >= 0.3 is 0 Å². The maximum atomic E-state index is 5.33. The summed E-state index contributed by atoms with van der Waals surface area (Å²) in [7, 11) is 0. The Balaban J connectivity index is 0.000000107. The van der Waals surface area contributed by atoms with E-state index in [2.05, 4.69) is 323 Å². The van der Waals surface area contributed by atoms with Gasteiger partial charge in [0.05, 0.1) is 44.3 Å². The monoisotopic (exact) mass is 1620 g/mol. The predicted octanol–water partition coefficient (Wildman–Crippen LogP) is 29.3. The number of aromatic nitrogens is 11. The van der Waals surface area contributed by atoms with Crippen molar-refractivity contribution < 1.29 is 0 Å². The number of nitrogens with zero attached hydrogens (tertiary/aromatic N) is 11. The summed E-state index contributed by atoms with van der Waals surface area (Å²) < 4.78 is 6.83. The minimum atomic E-state index is 0.605. The summed E-state index contributed by atoms with van der Waals surface area (Å²) in [5.41, 5.74) is 17.9. The Morgan fingerprint density at radius 1 is 0.142 bits per heavy atom. The molecule has 0 N–H and O–H groups in total. The molecule has 0 amide bonds. The van der Waals surface area contributed by atoms with Crippen LogP contribution in [0.4, 0.5) is 0 Å². The highest BCUT2D eigenvalue weighted by molar-refractivity contribution is 6.31. The van der Waals surface area contributed by atoms with Gasteiger partial charge in [-0.1, -0.05) is 376 Å². The van der Waals surface area contributed by atoms with Crippen molar-refractivity contribution in [2.45, 2.75) is 0 Å². The van der Waals surface area contributed by atoms with Gasteiger partial charge in [0, 0.05) is 76.8 Å². The molecule has 6 aromatic heterocycles. The molecule has 0 atom stereocenters. The van der Waals surface area contributed by atoms with Crippen LogP contribution in [0.25, 0.3) is 238 Å². The van der Waals surface area contributed by atoms with Gasteiger partial charge in [-0.15, -0.1) is 0 Å². The van der Waals surface area contributed by atoms with Crippen LogP contribution in [0, 0.1) is 0 Å². The molecule has 0 aliphatic carbocycles. The average Bonchev–Trinajstić information content (AvgIpc) is 1.57. The summed E-state index contributed by atoms with van der Waals surface area (Å²) in [5, 5.41) is 23.3. The third kappa shape index (κ3) is 12.9. The molecular formula is C116H73N11. The van der Waals surface area contributed by atoms with E-state index in [-0.39, 0.29) is 0 Å². The second-order valence-corrected chi connectivity index (χ2v) is 32.0. The van der Waals surface area contributed by atoms with Gasteiger partial charge in [0.1, 0.15) is 0 Å². The van der Waals surface area contributed by atoms with Gasteiger partial charge < -0.3 is 4.57 Å². The molecule has 592 valence electrons. The first-order valence-electron chi connectivity index (χ1n) is 42.8. The number of fused-ring (bicyclic) bond motifs is 22. The lowest BCUT2D eigenvalue weighted by Gasteiger charge is -2.12. The fraction of sp³-hybridized carbons (Fsp3) is 0. The molecule has 0 aliphatic rings. The second kappa shape index (κ2) is 31.0. The van der Waals surface area contributed by atoms with Gasteiger partial charge in [0.15, 0.2) is 29.1 Å². The average molecular weight is 1620 g/mol. The maximum absolute atomic E-state index is 5.33. The second-order valence-electron chi connectivity index (χ2n) is 32.0. The van der Waals surface area contributed by atoms with Crippen LogP contribution in [0.5, 0.6) is 0 Å². The van der Waals surface area contributed by atoms with Crippen molar-refractivity contribution in [2.24, 2.45) is 0 Å². The van der Waals surface area contributed by atoms with Crippen LogP contribution in [0.3, 0.4) is 0 Å². The predicted molar refractivity (Wildman–Crippen MR) is 525 cm³/mol. The molecule has 0 unspecified atom stereocenters. The zero-order valence-corrected chi connectivity index (χ0v) is 68.6. The quantitative estimate of drug-likeness (QED) is 0.133. The molecule has 0 saturated carbocycles. The van der Waals surface area contributed by atoms with E-state index in [1.165, 1.54) is 119 Å². The molecule has 127 heavy (non-hydrogen) atoms. The van der Waals surface area contributed by atoms with Crippen LogP contribution >= 0.6 is 0 Å². The molecule has 11 nitrogen and oxygen atoms in total. The highest BCUT2D eigenvalue weighted by Crippen LogP contribution is 2.46. The Morgan fingerprint density at radius 3 is 0.693 bits per heavy atom. The van der Waals surface area contributed by atoms with E-state index in [0.29, 0.717) is 41.0 Å². The van der Waals surface area contributed by atoms with E-state index < -0.39 is 0 Å². The van der Waals surface area contributed by atoms with Crippen LogP contribution in [-0.2, 0) is 0 Å².